The molecule has 0 radical (unpaired) electrons. The topological polar surface area (TPSA) is 52.3 Å². The third-order valence-corrected chi connectivity index (χ3v) is 1.46. The molecule has 0 unspecified atom stereocenters. The van der Waals surface area contributed by atoms with Crippen molar-refractivity contribution in [1.82, 2.24) is 0 Å². The van der Waals surface area contributed by atoms with Crippen LogP contribution in [0.4, 0.5) is 0 Å². The van der Waals surface area contributed by atoms with Gasteiger partial charge in [0.15, 0.2) is 0 Å². The van der Waals surface area contributed by atoms with Crippen molar-refractivity contribution in [3.8, 4) is 5.75 Å². The summed E-state index contributed by atoms with van der Waals surface area (Å²) in [6.45, 7) is 1.99. The second kappa shape index (κ2) is 4.30. The van der Waals surface area contributed by atoms with Crippen LogP contribution in [0.1, 0.15) is 5.56 Å². The molecule has 0 atom stereocenters. The molecule has 0 aliphatic carbocycles. The lowest BCUT2D eigenvalue weighted by Gasteiger charge is -1.98. The number of rotatable bonds is 3. The van der Waals surface area contributed by atoms with Crippen LogP contribution < -0.4 is 10.5 Å². The summed E-state index contributed by atoms with van der Waals surface area (Å²) in [7, 11) is 0. The first-order chi connectivity index (χ1) is 6.18. The second-order valence-electron chi connectivity index (χ2n) is 2.64. The van der Waals surface area contributed by atoms with E-state index in [0.717, 1.165) is 5.56 Å². The molecular weight excluding hydrogens is 166 g/mol. The predicted molar refractivity (Wildman–Crippen MR) is 50.1 cm³/mol. The number of carbonyl (C=O) groups excluding carboxylic acids is 1. The van der Waals surface area contributed by atoms with Gasteiger partial charge in [0.1, 0.15) is 5.75 Å². The van der Waals surface area contributed by atoms with Crippen molar-refractivity contribution in [2.45, 2.75) is 6.92 Å². The van der Waals surface area contributed by atoms with E-state index in [1.54, 1.807) is 0 Å². The largest absolute Gasteiger partial charge is 0.465 e. The molecule has 0 spiro atoms. The minimum atomic E-state index is -0.521. The SMILES string of the molecule is Cc1ccc(O/C=C/C(N)=O)cc1. The first-order valence-electron chi connectivity index (χ1n) is 3.88. The molecule has 13 heavy (non-hydrogen) atoms. The number of hydrogen-bond acceptors (Lipinski definition) is 2. The highest BCUT2D eigenvalue weighted by Crippen LogP contribution is 2.11. The summed E-state index contributed by atoms with van der Waals surface area (Å²) >= 11 is 0. The van der Waals surface area contributed by atoms with Gasteiger partial charge in [-0.25, -0.2) is 0 Å². The Morgan fingerprint density at radius 3 is 2.54 bits per heavy atom. The highest BCUT2D eigenvalue weighted by atomic mass is 16.5. The van der Waals surface area contributed by atoms with Crippen molar-refractivity contribution in [3.05, 3.63) is 42.2 Å². The zero-order chi connectivity index (χ0) is 9.68. The standard InChI is InChI=1S/C10H11NO2/c1-8-2-4-9(5-3-8)13-7-6-10(11)12/h2-7H,1H3,(H2,11,12)/b7-6+. The van der Waals surface area contributed by atoms with Crippen molar-refractivity contribution < 1.29 is 9.53 Å². The number of benzene rings is 1. The number of primary amides is 1. The number of carbonyl (C=O) groups is 1. The zero-order valence-electron chi connectivity index (χ0n) is 7.36. The van der Waals surface area contributed by atoms with Gasteiger partial charge in [-0.05, 0) is 19.1 Å². The van der Waals surface area contributed by atoms with Crippen LogP contribution in [0.25, 0.3) is 0 Å². The Morgan fingerprint density at radius 1 is 1.38 bits per heavy atom. The Balaban J connectivity index is 2.55. The quantitative estimate of drug-likeness (QED) is 0.560. The van der Waals surface area contributed by atoms with Gasteiger partial charge < -0.3 is 10.5 Å². The van der Waals surface area contributed by atoms with Gasteiger partial charge >= 0.3 is 0 Å². The molecule has 0 fully saturated rings. The smallest absolute Gasteiger partial charge is 0.244 e. The van der Waals surface area contributed by atoms with Crippen molar-refractivity contribution >= 4 is 5.91 Å². The van der Waals surface area contributed by atoms with Gasteiger partial charge in [-0.15, -0.1) is 0 Å². The van der Waals surface area contributed by atoms with E-state index in [0.29, 0.717) is 5.75 Å². The molecule has 0 bridgehead atoms. The number of hydrogen-bond donors (Lipinski definition) is 1. The fourth-order valence-electron chi connectivity index (χ4n) is 0.796. The van der Waals surface area contributed by atoms with E-state index < -0.39 is 5.91 Å². The first-order valence-corrected chi connectivity index (χ1v) is 3.88. The van der Waals surface area contributed by atoms with E-state index in [4.69, 9.17) is 10.5 Å². The maximum atomic E-state index is 10.3. The van der Waals surface area contributed by atoms with Crippen molar-refractivity contribution in [2.24, 2.45) is 5.73 Å². The van der Waals surface area contributed by atoms with E-state index in [-0.39, 0.29) is 0 Å². The van der Waals surface area contributed by atoms with Gasteiger partial charge in [-0.1, -0.05) is 17.7 Å². The summed E-state index contributed by atoms with van der Waals surface area (Å²) in [6.07, 6.45) is 2.44. The maximum absolute atomic E-state index is 10.3. The fourth-order valence-corrected chi connectivity index (χ4v) is 0.796. The van der Waals surface area contributed by atoms with E-state index in [2.05, 4.69) is 0 Å². The summed E-state index contributed by atoms with van der Waals surface area (Å²) in [5, 5.41) is 0. The molecule has 68 valence electrons. The lowest BCUT2D eigenvalue weighted by atomic mass is 10.2. The molecule has 0 saturated carbocycles. The average molecular weight is 177 g/mol. The Hall–Kier alpha value is -1.77. The Kier molecular flexibility index (Phi) is 3.09. The molecule has 1 rings (SSSR count). The van der Waals surface area contributed by atoms with Gasteiger partial charge in [0.05, 0.1) is 6.26 Å². The third-order valence-electron chi connectivity index (χ3n) is 1.46. The van der Waals surface area contributed by atoms with Crippen LogP contribution >= 0.6 is 0 Å². The van der Waals surface area contributed by atoms with Crippen LogP contribution in [-0.4, -0.2) is 5.91 Å². The van der Waals surface area contributed by atoms with Gasteiger partial charge in [0, 0.05) is 6.08 Å². The van der Waals surface area contributed by atoms with E-state index in [1.807, 2.05) is 31.2 Å². The molecule has 0 saturated heterocycles. The second-order valence-corrected chi connectivity index (χ2v) is 2.64. The monoisotopic (exact) mass is 177 g/mol. The number of aryl methyl sites for hydroxylation is 1. The van der Waals surface area contributed by atoms with Crippen LogP contribution in [-0.2, 0) is 4.79 Å². The maximum Gasteiger partial charge on any atom is 0.244 e. The predicted octanol–water partition coefficient (Wildman–Crippen LogP) is 1.37. The number of amides is 1. The van der Waals surface area contributed by atoms with Gasteiger partial charge in [-0.3, -0.25) is 4.79 Å². The lowest BCUT2D eigenvalue weighted by Crippen LogP contribution is -2.05. The van der Waals surface area contributed by atoms with Gasteiger partial charge in [-0.2, -0.15) is 0 Å². The van der Waals surface area contributed by atoms with Crippen LogP contribution in [0.15, 0.2) is 36.6 Å². The third kappa shape index (κ3) is 3.42. The first kappa shape index (κ1) is 9.32. The Labute approximate surface area is 76.8 Å². The van der Waals surface area contributed by atoms with E-state index in [9.17, 15) is 4.79 Å². The summed E-state index contributed by atoms with van der Waals surface area (Å²) in [6, 6.07) is 7.49. The van der Waals surface area contributed by atoms with Crippen LogP contribution in [0.3, 0.4) is 0 Å². The number of ether oxygens (including phenoxy) is 1. The van der Waals surface area contributed by atoms with Crippen molar-refractivity contribution in [3.63, 3.8) is 0 Å². The summed E-state index contributed by atoms with van der Waals surface area (Å²) in [5.41, 5.74) is 6.03. The van der Waals surface area contributed by atoms with Gasteiger partial charge in [0.25, 0.3) is 0 Å². The van der Waals surface area contributed by atoms with Gasteiger partial charge in [0.2, 0.25) is 5.91 Å². The molecule has 0 aromatic heterocycles. The molecule has 3 nitrogen and oxygen atoms in total. The van der Waals surface area contributed by atoms with E-state index in [1.165, 1.54) is 12.3 Å². The van der Waals surface area contributed by atoms with Crippen molar-refractivity contribution in [1.29, 1.82) is 0 Å². The van der Waals surface area contributed by atoms with Crippen molar-refractivity contribution in [2.75, 3.05) is 0 Å². The summed E-state index contributed by atoms with van der Waals surface area (Å²) < 4.78 is 5.09. The molecule has 0 aliphatic rings. The van der Waals surface area contributed by atoms with Crippen LogP contribution in [0, 0.1) is 6.92 Å². The minimum absolute atomic E-state index is 0.521. The van der Waals surface area contributed by atoms with E-state index >= 15 is 0 Å². The molecule has 2 N–H and O–H groups in total. The molecule has 1 aromatic rings. The summed E-state index contributed by atoms with van der Waals surface area (Å²) in [5.74, 6) is 0.162. The molecular formula is C10H11NO2. The average Bonchev–Trinajstić information content (AvgIpc) is 2.08. The van der Waals surface area contributed by atoms with Crippen LogP contribution in [0.5, 0.6) is 5.75 Å². The fraction of sp³-hybridized carbons (Fsp3) is 0.100. The lowest BCUT2D eigenvalue weighted by molar-refractivity contribution is -0.113. The molecule has 0 aliphatic heterocycles. The highest BCUT2D eigenvalue weighted by molar-refractivity contribution is 5.85. The zero-order valence-corrected chi connectivity index (χ0v) is 7.36. The normalized spacial score (nSPS) is 10.2. The molecule has 1 aromatic carbocycles. The summed E-state index contributed by atoms with van der Waals surface area (Å²) in [4.78, 5) is 10.3. The molecule has 3 heteroatoms. The molecule has 1 amide bonds. The Bertz CT molecular complexity index is 314. The van der Waals surface area contributed by atoms with Crippen LogP contribution in [0.2, 0.25) is 0 Å². The molecule has 0 heterocycles. The number of nitrogens with two attached hydrogens (primary N) is 1. The Morgan fingerprint density at radius 2 is 2.00 bits per heavy atom. The minimum Gasteiger partial charge on any atom is -0.465 e. The highest BCUT2D eigenvalue weighted by Gasteiger charge is 1.89.